The third-order valence-corrected chi connectivity index (χ3v) is 5.32. The normalized spacial score (nSPS) is 16.2. The molecule has 2 aromatic carbocycles. The van der Waals surface area contributed by atoms with Crippen LogP contribution in [0.25, 0.3) is 10.8 Å². The van der Waals surface area contributed by atoms with E-state index in [2.05, 4.69) is 31.3 Å². The van der Waals surface area contributed by atoms with Gasteiger partial charge in [0.25, 0.3) is 0 Å². The van der Waals surface area contributed by atoms with E-state index >= 15 is 0 Å². The summed E-state index contributed by atoms with van der Waals surface area (Å²) < 4.78 is 12.6. The first-order valence-corrected chi connectivity index (χ1v) is 7.97. The molecule has 0 radical (unpaired) electrons. The molecule has 0 amide bonds. The van der Waals surface area contributed by atoms with E-state index in [0.29, 0.717) is 0 Å². The molecule has 0 aromatic heterocycles. The summed E-state index contributed by atoms with van der Waals surface area (Å²) in [5.41, 5.74) is 0. The van der Waals surface area contributed by atoms with Crippen LogP contribution in [0.1, 0.15) is 20.8 Å². The molecule has 1 N–H and O–H groups in total. The molecule has 19 heavy (non-hydrogen) atoms. The molecule has 2 nitrogen and oxygen atoms in total. The third-order valence-electron chi connectivity index (χ3n) is 3.52. The maximum Gasteiger partial charge on any atom is 0.0573 e. The van der Waals surface area contributed by atoms with Crippen LogP contribution in [0.5, 0.6) is 0 Å². The molecule has 0 aliphatic carbocycles. The Kier molecular flexibility index (Phi) is 4.72. The van der Waals surface area contributed by atoms with Gasteiger partial charge in [-0.15, -0.1) is 0 Å². The highest BCUT2D eigenvalue weighted by Crippen LogP contribution is 2.20. The molecule has 3 atom stereocenters. The minimum Gasteiger partial charge on any atom is -0.313 e. The summed E-state index contributed by atoms with van der Waals surface area (Å²) in [6.07, 6.45) is 0. The maximum atomic E-state index is 12.6. The van der Waals surface area contributed by atoms with Gasteiger partial charge >= 0.3 is 0 Å². The quantitative estimate of drug-likeness (QED) is 0.907. The number of benzene rings is 2. The van der Waals surface area contributed by atoms with Crippen molar-refractivity contribution in [1.82, 2.24) is 5.32 Å². The van der Waals surface area contributed by atoms with Crippen LogP contribution in [0.2, 0.25) is 0 Å². The predicted octanol–water partition coefficient (Wildman–Crippen LogP) is 3.33. The summed E-state index contributed by atoms with van der Waals surface area (Å²) in [5.74, 6) is 0. The van der Waals surface area contributed by atoms with E-state index in [0.717, 1.165) is 16.8 Å². The van der Waals surface area contributed by atoms with Gasteiger partial charge in [0.1, 0.15) is 0 Å². The molecule has 0 saturated heterocycles. The summed E-state index contributed by atoms with van der Waals surface area (Å²) in [4.78, 5) is 0.913. The van der Waals surface area contributed by atoms with Crippen molar-refractivity contribution in [3.8, 4) is 0 Å². The van der Waals surface area contributed by atoms with E-state index in [1.165, 1.54) is 5.39 Å². The first-order valence-electron chi connectivity index (χ1n) is 6.76. The lowest BCUT2D eigenvalue weighted by atomic mass is 10.1. The van der Waals surface area contributed by atoms with E-state index in [1.54, 1.807) is 0 Å². The molecule has 0 fully saturated rings. The second-order valence-corrected chi connectivity index (χ2v) is 6.67. The SMILES string of the molecule is CCNC(C)C(C)S(=O)c1ccc2ccccc2c1. The average Bonchev–Trinajstić information content (AvgIpc) is 2.45. The number of nitrogens with one attached hydrogen (secondary N) is 1. The third kappa shape index (κ3) is 3.23. The zero-order chi connectivity index (χ0) is 13.8. The Morgan fingerprint density at radius 3 is 2.47 bits per heavy atom. The summed E-state index contributed by atoms with van der Waals surface area (Å²) >= 11 is 0. The molecule has 2 aromatic rings. The van der Waals surface area contributed by atoms with Gasteiger partial charge in [0, 0.05) is 10.9 Å². The van der Waals surface area contributed by atoms with Gasteiger partial charge < -0.3 is 5.32 Å². The van der Waals surface area contributed by atoms with Crippen LogP contribution < -0.4 is 5.32 Å². The van der Waals surface area contributed by atoms with E-state index in [9.17, 15) is 4.21 Å². The molecule has 0 spiro atoms. The molecular weight excluding hydrogens is 254 g/mol. The molecule has 2 rings (SSSR count). The van der Waals surface area contributed by atoms with Crippen molar-refractivity contribution in [1.29, 1.82) is 0 Å². The fourth-order valence-electron chi connectivity index (χ4n) is 2.18. The molecule has 0 heterocycles. The van der Waals surface area contributed by atoms with Gasteiger partial charge in [-0.1, -0.05) is 37.3 Å². The van der Waals surface area contributed by atoms with Gasteiger partial charge in [-0.3, -0.25) is 4.21 Å². The van der Waals surface area contributed by atoms with Gasteiger partial charge in [-0.2, -0.15) is 0 Å². The molecule has 102 valence electrons. The van der Waals surface area contributed by atoms with Crippen LogP contribution in [0.3, 0.4) is 0 Å². The minimum atomic E-state index is -0.978. The van der Waals surface area contributed by atoms with Crippen LogP contribution >= 0.6 is 0 Å². The van der Waals surface area contributed by atoms with Crippen molar-refractivity contribution >= 4 is 21.6 Å². The van der Waals surface area contributed by atoms with Gasteiger partial charge in [-0.05, 0) is 43.3 Å². The van der Waals surface area contributed by atoms with Crippen LogP contribution in [-0.4, -0.2) is 22.0 Å². The highest BCUT2D eigenvalue weighted by molar-refractivity contribution is 7.85. The molecule has 0 saturated carbocycles. The smallest absolute Gasteiger partial charge is 0.0573 e. The Morgan fingerprint density at radius 2 is 1.79 bits per heavy atom. The lowest BCUT2D eigenvalue weighted by Gasteiger charge is -2.20. The van der Waals surface area contributed by atoms with E-state index < -0.39 is 10.8 Å². The molecule has 0 aliphatic heterocycles. The summed E-state index contributed by atoms with van der Waals surface area (Å²) in [5, 5.41) is 5.78. The second kappa shape index (κ2) is 6.31. The van der Waals surface area contributed by atoms with Crippen molar-refractivity contribution in [3.63, 3.8) is 0 Å². The van der Waals surface area contributed by atoms with Crippen molar-refractivity contribution in [2.75, 3.05) is 6.54 Å². The van der Waals surface area contributed by atoms with Crippen molar-refractivity contribution in [3.05, 3.63) is 42.5 Å². The number of fused-ring (bicyclic) bond motifs is 1. The van der Waals surface area contributed by atoms with Crippen molar-refractivity contribution in [2.24, 2.45) is 0 Å². The van der Waals surface area contributed by atoms with E-state index in [1.807, 2.05) is 37.3 Å². The zero-order valence-corrected chi connectivity index (χ0v) is 12.5. The van der Waals surface area contributed by atoms with Gasteiger partial charge in [0.2, 0.25) is 0 Å². The van der Waals surface area contributed by atoms with Crippen LogP contribution in [-0.2, 0) is 10.8 Å². The number of hydrogen-bond acceptors (Lipinski definition) is 2. The molecule has 0 aliphatic rings. The first-order chi connectivity index (χ1) is 9.13. The monoisotopic (exact) mass is 275 g/mol. The minimum absolute atomic E-state index is 0.0983. The Labute approximate surface area is 117 Å². The lowest BCUT2D eigenvalue weighted by Crippen LogP contribution is -2.37. The van der Waals surface area contributed by atoms with Gasteiger partial charge in [0.15, 0.2) is 0 Å². The van der Waals surface area contributed by atoms with E-state index in [4.69, 9.17) is 0 Å². The Morgan fingerprint density at radius 1 is 1.11 bits per heavy atom. The second-order valence-electron chi connectivity index (χ2n) is 4.86. The largest absolute Gasteiger partial charge is 0.313 e. The zero-order valence-electron chi connectivity index (χ0n) is 11.7. The number of hydrogen-bond donors (Lipinski definition) is 1. The van der Waals surface area contributed by atoms with E-state index in [-0.39, 0.29) is 11.3 Å². The Hall–Kier alpha value is -1.19. The van der Waals surface area contributed by atoms with Crippen molar-refractivity contribution < 1.29 is 4.21 Å². The topological polar surface area (TPSA) is 29.1 Å². The first kappa shape index (κ1) is 14.2. The fraction of sp³-hybridized carbons (Fsp3) is 0.375. The Bertz CT molecular complexity index is 582. The molecule has 3 unspecified atom stereocenters. The maximum absolute atomic E-state index is 12.6. The average molecular weight is 275 g/mol. The van der Waals surface area contributed by atoms with Crippen LogP contribution in [0.4, 0.5) is 0 Å². The van der Waals surface area contributed by atoms with Crippen molar-refractivity contribution in [2.45, 2.75) is 37.0 Å². The summed E-state index contributed by atoms with van der Waals surface area (Å²) in [6, 6.07) is 14.5. The molecule has 3 heteroatoms. The van der Waals surface area contributed by atoms with Crippen LogP contribution in [0, 0.1) is 0 Å². The predicted molar refractivity (Wildman–Crippen MR) is 83.0 cm³/mol. The highest BCUT2D eigenvalue weighted by atomic mass is 32.2. The summed E-state index contributed by atoms with van der Waals surface area (Å²) in [7, 11) is -0.978. The van der Waals surface area contributed by atoms with Crippen LogP contribution in [0.15, 0.2) is 47.4 Å². The number of rotatable bonds is 5. The molecular formula is C16H21NOS. The fourth-order valence-corrected chi connectivity index (χ4v) is 3.52. The lowest BCUT2D eigenvalue weighted by molar-refractivity contribution is 0.550. The standard InChI is InChI=1S/C16H21NOS/c1-4-17-12(2)13(3)19(18)16-10-9-14-7-5-6-8-15(14)11-16/h5-13,17H,4H2,1-3H3. The summed E-state index contributed by atoms with van der Waals surface area (Å²) in [6.45, 7) is 7.11. The van der Waals surface area contributed by atoms with Gasteiger partial charge in [-0.25, -0.2) is 0 Å². The van der Waals surface area contributed by atoms with Gasteiger partial charge in [0.05, 0.1) is 16.0 Å². The molecule has 0 bridgehead atoms. The Balaban J connectivity index is 2.26. The highest BCUT2D eigenvalue weighted by Gasteiger charge is 2.19.